The van der Waals surface area contributed by atoms with Crippen LogP contribution in [0.15, 0.2) is 24.3 Å². The van der Waals surface area contributed by atoms with E-state index in [1.54, 1.807) is 0 Å². The van der Waals surface area contributed by atoms with Crippen LogP contribution in [-0.2, 0) is 11.3 Å². The molecule has 0 saturated carbocycles. The van der Waals surface area contributed by atoms with Crippen molar-refractivity contribution in [1.82, 2.24) is 15.8 Å². The summed E-state index contributed by atoms with van der Waals surface area (Å²) in [5, 5.41) is 1.16. The summed E-state index contributed by atoms with van der Waals surface area (Å²) in [6, 6.07) is 8.03. The molecule has 3 rings (SSSR count). The van der Waals surface area contributed by atoms with Crippen molar-refractivity contribution in [2.75, 3.05) is 0 Å². The molecule has 0 saturated heterocycles. The molecule has 1 aliphatic rings. The van der Waals surface area contributed by atoms with Crippen molar-refractivity contribution in [3.63, 3.8) is 0 Å². The van der Waals surface area contributed by atoms with Gasteiger partial charge in [0.15, 0.2) is 0 Å². The molecule has 1 aromatic carbocycles. The monoisotopic (exact) mass is 230 g/mol. The number of amides is 1. The van der Waals surface area contributed by atoms with Gasteiger partial charge in [0.25, 0.3) is 0 Å². The molecule has 0 bridgehead atoms. The van der Waals surface area contributed by atoms with Crippen molar-refractivity contribution in [1.29, 1.82) is 0 Å². The average Bonchev–Trinajstić information content (AvgIpc) is 2.67. The number of para-hydroxylation sites is 1. The fraction of sp³-hybridized carbons (Fsp3) is 0.250. The molecule has 5 N–H and O–H groups in total. The summed E-state index contributed by atoms with van der Waals surface area (Å²) in [5.74, 6) is -0.303. The van der Waals surface area contributed by atoms with E-state index in [-0.39, 0.29) is 11.9 Å². The van der Waals surface area contributed by atoms with E-state index in [4.69, 9.17) is 5.73 Å². The van der Waals surface area contributed by atoms with Crippen LogP contribution in [-0.4, -0.2) is 10.9 Å². The van der Waals surface area contributed by atoms with Gasteiger partial charge in [-0.1, -0.05) is 18.2 Å². The predicted octanol–water partition coefficient (Wildman–Crippen LogP) is 0.692. The second-order valence-corrected chi connectivity index (χ2v) is 4.28. The molecule has 1 atom stereocenters. The van der Waals surface area contributed by atoms with Gasteiger partial charge in [0.2, 0.25) is 5.91 Å². The molecular formula is C12H14N4O. The number of carbonyl (C=O) groups excluding carboxylic acids is 1. The van der Waals surface area contributed by atoms with Gasteiger partial charge in [-0.15, -0.1) is 0 Å². The first kappa shape index (κ1) is 10.3. The number of fused-ring (bicyclic) bond motifs is 3. The van der Waals surface area contributed by atoms with E-state index in [1.165, 1.54) is 0 Å². The number of benzene rings is 1. The number of nitrogens with two attached hydrogens (primary N) is 1. The zero-order valence-corrected chi connectivity index (χ0v) is 9.29. The second kappa shape index (κ2) is 3.87. The normalized spacial score (nSPS) is 19.2. The van der Waals surface area contributed by atoms with Gasteiger partial charge in [-0.3, -0.25) is 10.2 Å². The number of hydrazine groups is 1. The van der Waals surface area contributed by atoms with Gasteiger partial charge in [-0.05, 0) is 6.07 Å². The number of rotatable bonds is 2. The first-order chi connectivity index (χ1) is 8.25. The van der Waals surface area contributed by atoms with Crippen LogP contribution < -0.4 is 16.6 Å². The lowest BCUT2D eigenvalue weighted by Gasteiger charge is -2.24. The molecule has 0 fully saturated rings. The van der Waals surface area contributed by atoms with E-state index >= 15 is 0 Å². The zero-order valence-electron chi connectivity index (χ0n) is 9.29. The Morgan fingerprint density at radius 3 is 3.06 bits per heavy atom. The molecular weight excluding hydrogens is 216 g/mol. The highest BCUT2D eigenvalue weighted by atomic mass is 16.1. The van der Waals surface area contributed by atoms with Gasteiger partial charge >= 0.3 is 0 Å². The Hall–Kier alpha value is -1.85. The van der Waals surface area contributed by atoms with Crippen LogP contribution in [0.2, 0.25) is 0 Å². The van der Waals surface area contributed by atoms with E-state index in [0.29, 0.717) is 6.42 Å². The summed E-state index contributed by atoms with van der Waals surface area (Å²) in [7, 11) is 0. The van der Waals surface area contributed by atoms with Crippen LogP contribution in [0.5, 0.6) is 0 Å². The van der Waals surface area contributed by atoms with Crippen molar-refractivity contribution in [2.45, 2.75) is 19.0 Å². The number of nitrogens with one attached hydrogen (secondary N) is 3. The molecule has 1 amide bonds. The van der Waals surface area contributed by atoms with Crippen LogP contribution in [0.4, 0.5) is 0 Å². The summed E-state index contributed by atoms with van der Waals surface area (Å²) >= 11 is 0. The summed E-state index contributed by atoms with van der Waals surface area (Å²) < 4.78 is 0. The molecule has 0 radical (unpaired) electrons. The van der Waals surface area contributed by atoms with Crippen LogP contribution in [0.25, 0.3) is 10.9 Å². The maximum absolute atomic E-state index is 11.1. The minimum atomic E-state index is -0.303. The Morgan fingerprint density at radius 2 is 2.24 bits per heavy atom. The molecule has 88 valence electrons. The molecule has 1 aromatic heterocycles. The predicted molar refractivity (Wildman–Crippen MR) is 64.8 cm³/mol. The van der Waals surface area contributed by atoms with Crippen molar-refractivity contribution in [3.05, 3.63) is 35.5 Å². The summed E-state index contributed by atoms with van der Waals surface area (Å²) in [6.07, 6.45) is 0.293. The smallest absolute Gasteiger partial charge is 0.219 e. The largest absolute Gasteiger partial charge is 0.370 e. The fourth-order valence-corrected chi connectivity index (χ4v) is 2.45. The van der Waals surface area contributed by atoms with Gasteiger partial charge in [0.05, 0.1) is 12.6 Å². The number of aromatic nitrogens is 1. The third-order valence-electron chi connectivity index (χ3n) is 3.12. The van der Waals surface area contributed by atoms with Gasteiger partial charge in [-0.2, -0.15) is 0 Å². The quantitative estimate of drug-likeness (QED) is 0.612. The van der Waals surface area contributed by atoms with Crippen LogP contribution in [0.3, 0.4) is 0 Å². The fourth-order valence-electron chi connectivity index (χ4n) is 2.45. The highest BCUT2D eigenvalue weighted by Crippen LogP contribution is 2.31. The molecule has 2 aromatic rings. The molecule has 5 heteroatoms. The Kier molecular flexibility index (Phi) is 2.35. The van der Waals surface area contributed by atoms with E-state index in [2.05, 4.69) is 21.9 Å². The van der Waals surface area contributed by atoms with Crippen molar-refractivity contribution < 1.29 is 4.79 Å². The number of primary amides is 1. The SMILES string of the molecule is NC(=O)CC1NNCc2[nH]c3ccccc3c21. The number of hydrogen-bond acceptors (Lipinski definition) is 3. The molecule has 0 spiro atoms. The van der Waals surface area contributed by atoms with E-state index in [0.717, 1.165) is 28.7 Å². The summed E-state index contributed by atoms with van der Waals surface area (Å²) in [5.41, 5.74) is 14.8. The molecule has 1 aliphatic heterocycles. The molecule has 5 nitrogen and oxygen atoms in total. The number of H-pyrrole nitrogens is 1. The highest BCUT2D eigenvalue weighted by molar-refractivity contribution is 5.86. The van der Waals surface area contributed by atoms with Gasteiger partial charge in [0.1, 0.15) is 0 Å². The summed E-state index contributed by atoms with van der Waals surface area (Å²) in [6.45, 7) is 0.722. The van der Waals surface area contributed by atoms with Gasteiger partial charge in [-0.25, -0.2) is 5.43 Å². The molecule has 2 heterocycles. The average molecular weight is 230 g/mol. The zero-order chi connectivity index (χ0) is 11.8. The Labute approximate surface area is 98.3 Å². The Bertz CT molecular complexity index is 575. The molecule has 1 unspecified atom stereocenters. The first-order valence-electron chi connectivity index (χ1n) is 5.62. The lowest BCUT2D eigenvalue weighted by atomic mass is 9.99. The molecule has 0 aliphatic carbocycles. The van der Waals surface area contributed by atoms with Crippen LogP contribution >= 0.6 is 0 Å². The van der Waals surface area contributed by atoms with E-state index in [1.807, 2.05) is 18.2 Å². The van der Waals surface area contributed by atoms with Crippen LogP contribution in [0.1, 0.15) is 23.7 Å². The highest BCUT2D eigenvalue weighted by Gasteiger charge is 2.25. The number of hydrogen-bond donors (Lipinski definition) is 4. The van der Waals surface area contributed by atoms with Gasteiger partial charge in [0, 0.05) is 28.6 Å². The maximum atomic E-state index is 11.1. The van der Waals surface area contributed by atoms with Crippen molar-refractivity contribution >= 4 is 16.8 Å². The standard InChI is InChI=1S/C12H14N4O/c13-11(17)5-9-12-7-3-1-2-4-8(7)15-10(12)6-14-16-9/h1-4,9,14-16H,5-6H2,(H2,13,17). The first-order valence-corrected chi connectivity index (χ1v) is 5.62. The van der Waals surface area contributed by atoms with Crippen LogP contribution in [0, 0.1) is 0 Å². The number of carbonyl (C=O) groups is 1. The molecule has 17 heavy (non-hydrogen) atoms. The van der Waals surface area contributed by atoms with E-state index < -0.39 is 0 Å². The Balaban J connectivity index is 2.13. The third kappa shape index (κ3) is 1.69. The lowest BCUT2D eigenvalue weighted by molar-refractivity contribution is -0.118. The van der Waals surface area contributed by atoms with E-state index in [9.17, 15) is 4.79 Å². The lowest BCUT2D eigenvalue weighted by Crippen LogP contribution is -2.41. The minimum Gasteiger partial charge on any atom is -0.370 e. The third-order valence-corrected chi connectivity index (χ3v) is 3.12. The number of aromatic amines is 1. The topological polar surface area (TPSA) is 82.9 Å². The summed E-state index contributed by atoms with van der Waals surface area (Å²) in [4.78, 5) is 14.4. The second-order valence-electron chi connectivity index (χ2n) is 4.28. The van der Waals surface area contributed by atoms with Crippen molar-refractivity contribution in [3.8, 4) is 0 Å². The van der Waals surface area contributed by atoms with Gasteiger partial charge < -0.3 is 10.7 Å². The minimum absolute atomic E-state index is 0.0626. The Morgan fingerprint density at radius 1 is 1.41 bits per heavy atom. The maximum Gasteiger partial charge on any atom is 0.219 e. The van der Waals surface area contributed by atoms with Crippen molar-refractivity contribution in [2.24, 2.45) is 5.73 Å².